The summed E-state index contributed by atoms with van der Waals surface area (Å²) in [5, 5.41) is 0. The van der Waals surface area contributed by atoms with Crippen LogP contribution in [0.3, 0.4) is 0 Å². The molecule has 0 aliphatic heterocycles. The molecule has 0 saturated carbocycles. The number of hydrogen-bond donors (Lipinski definition) is 2. The molecule has 112 valence electrons. The summed E-state index contributed by atoms with van der Waals surface area (Å²) < 4.78 is 6.70. The monoisotopic (exact) mass is 348 g/mol. The summed E-state index contributed by atoms with van der Waals surface area (Å²) in [6, 6.07) is 10.2. The van der Waals surface area contributed by atoms with E-state index in [0.717, 1.165) is 26.9 Å². The molecule has 4 heteroatoms. The van der Waals surface area contributed by atoms with Crippen LogP contribution in [-0.4, -0.2) is 7.11 Å². The molecule has 0 radical (unpaired) electrons. The highest BCUT2D eigenvalue weighted by atomic mass is 79.9. The zero-order valence-corrected chi connectivity index (χ0v) is 14.4. The van der Waals surface area contributed by atoms with Crippen LogP contribution in [0.1, 0.15) is 33.9 Å². The molecule has 0 fully saturated rings. The van der Waals surface area contributed by atoms with E-state index in [1.54, 1.807) is 7.11 Å². The molecule has 0 saturated heterocycles. The molecule has 2 rings (SSSR count). The highest BCUT2D eigenvalue weighted by molar-refractivity contribution is 9.10. The summed E-state index contributed by atoms with van der Waals surface area (Å²) in [5.74, 6) is 6.73. The van der Waals surface area contributed by atoms with Crippen molar-refractivity contribution in [2.45, 2.75) is 26.8 Å². The first-order chi connectivity index (χ1) is 10.0. The summed E-state index contributed by atoms with van der Waals surface area (Å²) in [5.41, 5.74) is 8.62. The van der Waals surface area contributed by atoms with E-state index in [-0.39, 0.29) is 6.04 Å². The van der Waals surface area contributed by atoms with Crippen molar-refractivity contribution in [2.24, 2.45) is 5.84 Å². The molecular weight excluding hydrogens is 328 g/mol. The fourth-order valence-corrected chi connectivity index (χ4v) is 2.97. The number of aryl methyl sites for hydroxylation is 1. The minimum Gasteiger partial charge on any atom is -0.496 e. The fourth-order valence-electron chi connectivity index (χ4n) is 2.59. The molecule has 0 spiro atoms. The third kappa shape index (κ3) is 2.98. The molecule has 1 unspecified atom stereocenters. The second-order valence-corrected chi connectivity index (χ2v) is 6.04. The normalized spacial score (nSPS) is 12.3. The van der Waals surface area contributed by atoms with Gasteiger partial charge in [-0.2, -0.15) is 0 Å². The van der Waals surface area contributed by atoms with Gasteiger partial charge in [0.2, 0.25) is 0 Å². The standard InChI is InChI=1S/C17H21BrN2O/c1-10-8-9-14(17(21-4)11(10)2)16(20-19)13-6-5-7-15(18)12(13)3/h5-9,16,20H,19H2,1-4H3. The van der Waals surface area contributed by atoms with E-state index in [4.69, 9.17) is 10.6 Å². The Bertz CT molecular complexity index is 655. The van der Waals surface area contributed by atoms with E-state index in [0.29, 0.717) is 0 Å². The number of nitrogens with one attached hydrogen (secondary N) is 1. The molecule has 3 N–H and O–H groups in total. The Kier molecular flexibility index (Phi) is 5.04. The van der Waals surface area contributed by atoms with Crippen molar-refractivity contribution in [2.75, 3.05) is 7.11 Å². The van der Waals surface area contributed by atoms with Crippen LogP contribution >= 0.6 is 15.9 Å². The average Bonchev–Trinajstić information content (AvgIpc) is 2.48. The van der Waals surface area contributed by atoms with Gasteiger partial charge in [-0.15, -0.1) is 0 Å². The molecule has 0 amide bonds. The van der Waals surface area contributed by atoms with Crippen LogP contribution in [0.25, 0.3) is 0 Å². The third-order valence-electron chi connectivity index (χ3n) is 4.01. The molecule has 0 aliphatic carbocycles. The van der Waals surface area contributed by atoms with Gasteiger partial charge in [-0.1, -0.05) is 40.2 Å². The summed E-state index contributed by atoms with van der Waals surface area (Å²) in [6.07, 6.45) is 0. The number of ether oxygens (including phenoxy) is 1. The van der Waals surface area contributed by atoms with Gasteiger partial charge in [-0.05, 0) is 49.1 Å². The first kappa shape index (κ1) is 16.0. The Labute approximate surface area is 134 Å². The molecule has 3 nitrogen and oxygen atoms in total. The largest absolute Gasteiger partial charge is 0.496 e. The van der Waals surface area contributed by atoms with Gasteiger partial charge in [0.25, 0.3) is 0 Å². The number of nitrogens with two attached hydrogens (primary N) is 1. The highest BCUT2D eigenvalue weighted by Crippen LogP contribution is 2.36. The molecule has 0 bridgehead atoms. The number of hydrogen-bond acceptors (Lipinski definition) is 3. The van der Waals surface area contributed by atoms with Crippen LogP contribution < -0.4 is 16.0 Å². The predicted molar refractivity (Wildman–Crippen MR) is 90.5 cm³/mol. The lowest BCUT2D eigenvalue weighted by Gasteiger charge is -2.23. The summed E-state index contributed by atoms with van der Waals surface area (Å²) in [4.78, 5) is 0. The smallest absolute Gasteiger partial charge is 0.127 e. The van der Waals surface area contributed by atoms with Gasteiger partial charge >= 0.3 is 0 Å². The second kappa shape index (κ2) is 6.60. The van der Waals surface area contributed by atoms with Crippen molar-refractivity contribution in [1.82, 2.24) is 5.43 Å². The van der Waals surface area contributed by atoms with E-state index >= 15 is 0 Å². The lowest BCUT2D eigenvalue weighted by molar-refractivity contribution is 0.400. The minimum atomic E-state index is -0.114. The zero-order valence-electron chi connectivity index (χ0n) is 12.8. The summed E-state index contributed by atoms with van der Waals surface area (Å²) >= 11 is 3.58. The first-order valence-corrected chi connectivity index (χ1v) is 7.65. The molecule has 0 aliphatic rings. The van der Waals surface area contributed by atoms with Crippen molar-refractivity contribution < 1.29 is 4.74 Å². The number of methoxy groups -OCH3 is 1. The van der Waals surface area contributed by atoms with Gasteiger partial charge in [0.05, 0.1) is 13.2 Å². The van der Waals surface area contributed by atoms with Crippen LogP contribution in [0, 0.1) is 20.8 Å². The molecule has 1 atom stereocenters. The fraction of sp³-hybridized carbons (Fsp3) is 0.294. The summed E-state index contributed by atoms with van der Waals surface area (Å²) in [6.45, 7) is 6.23. The second-order valence-electron chi connectivity index (χ2n) is 5.18. The number of benzene rings is 2. The zero-order chi connectivity index (χ0) is 15.6. The van der Waals surface area contributed by atoms with Crippen LogP contribution in [0.2, 0.25) is 0 Å². The lowest BCUT2D eigenvalue weighted by atomic mass is 9.92. The average molecular weight is 349 g/mol. The van der Waals surface area contributed by atoms with Crippen molar-refractivity contribution in [3.63, 3.8) is 0 Å². The van der Waals surface area contributed by atoms with Gasteiger partial charge in [0.15, 0.2) is 0 Å². The lowest BCUT2D eigenvalue weighted by Crippen LogP contribution is -2.30. The van der Waals surface area contributed by atoms with E-state index in [1.807, 2.05) is 12.1 Å². The van der Waals surface area contributed by atoms with Crippen molar-refractivity contribution in [3.8, 4) is 5.75 Å². The molecule has 2 aromatic carbocycles. The van der Waals surface area contributed by atoms with Gasteiger partial charge in [0.1, 0.15) is 5.75 Å². The van der Waals surface area contributed by atoms with Gasteiger partial charge in [-0.3, -0.25) is 5.84 Å². The van der Waals surface area contributed by atoms with Crippen LogP contribution in [0.4, 0.5) is 0 Å². The Hall–Kier alpha value is -1.36. The maximum atomic E-state index is 5.85. The van der Waals surface area contributed by atoms with Crippen LogP contribution in [0.15, 0.2) is 34.8 Å². The Morgan fingerprint density at radius 2 is 1.76 bits per heavy atom. The van der Waals surface area contributed by atoms with Crippen molar-refractivity contribution in [1.29, 1.82) is 0 Å². The molecule has 0 aromatic heterocycles. The van der Waals surface area contributed by atoms with E-state index < -0.39 is 0 Å². The topological polar surface area (TPSA) is 47.3 Å². The molecule has 2 aromatic rings. The maximum Gasteiger partial charge on any atom is 0.127 e. The van der Waals surface area contributed by atoms with Crippen molar-refractivity contribution >= 4 is 15.9 Å². The third-order valence-corrected chi connectivity index (χ3v) is 4.87. The van der Waals surface area contributed by atoms with Crippen LogP contribution in [-0.2, 0) is 0 Å². The van der Waals surface area contributed by atoms with E-state index in [9.17, 15) is 0 Å². The number of hydrazine groups is 1. The minimum absolute atomic E-state index is 0.114. The SMILES string of the molecule is COc1c(C(NN)c2cccc(Br)c2C)ccc(C)c1C. The number of halogens is 1. The van der Waals surface area contributed by atoms with Crippen LogP contribution in [0.5, 0.6) is 5.75 Å². The molecular formula is C17H21BrN2O. The molecule has 0 heterocycles. The summed E-state index contributed by atoms with van der Waals surface area (Å²) in [7, 11) is 1.70. The van der Waals surface area contributed by atoms with Gasteiger partial charge in [-0.25, -0.2) is 5.43 Å². The van der Waals surface area contributed by atoms with E-state index in [2.05, 4.69) is 60.3 Å². The van der Waals surface area contributed by atoms with E-state index in [1.165, 1.54) is 11.1 Å². The Balaban J connectivity index is 2.62. The van der Waals surface area contributed by atoms with Gasteiger partial charge in [0, 0.05) is 10.0 Å². The number of rotatable bonds is 4. The predicted octanol–water partition coefficient (Wildman–Crippen LogP) is 3.94. The van der Waals surface area contributed by atoms with Gasteiger partial charge < -0.3 is 4.74 Å². The highest BCUT2D eigenvalue weighted by Gasteiger charge is 2.21. The maximum absolute atomic E-state index is 5.85. The quantitative estimate of drug-likeness (QED) is 0.649. The van der Waals surface area contributed by atoms with Crippen molar-refractivity contribution in [3.05, 3.63) is 62.6 Å². The molecule has 21 heavy (non-hydrogen) atoms. The Morgan fingerprint density at radius 1 is 1.05 bits per heavy atom. The Morgan fingerprint density at radius 3 is 2.38 bits per heavy atom. The first-order valence-electron chi connectivity index (χ1n) is 6.86.